The highest BCUT2D eigenvalue weighted by Crippen LogP contribution is 2.36. The van der Waals surface area contributed by atoms with Gasteiger partial charge in [0.1, 0.15) is 5.75 Å². The third-order valence-corrected chi connectivity index (χ3v) is 5.53. The van der Waals surface area contributed by atoms with E-state index in [2.05, 4.69) is 17.3 Å². The van der Waals surface area contributed by atoms with Crippen LogP contribution in [-0.4, -0.2) is 29.4 Å². The molecule has 1 aliphatic rings. The minimum atomic E-state index is -0.101. The maximum absolute atomic E-state index is 13.2. The fourth-order valence-corrected chi connectivity index (χ4v) is 4.12. The zero-order valence-electron chi connectivity index (χ0n) is 14.5. The SMILES string of the molecule is CC[C@@H](C(=O)N1CCC[C@@H]1c1csc(C)n1)c1ccc(OC)cc1. The average Bonchev–Trinajstić information content (AvgIpc) is 3.24. The van der Waals surface area contributed by atoms with E-state index in [1.54, 1.807) is 18.4 Å². The van der Waals surface area contributed by atoms with Crippen LogP contribution in [0, 0.1) is 6.92 Å². The maximum atomic E-state index is 13.2. The van der Waals surface area contributed by atoms with E-state index < -0.39 is 0 Å². The van der Waals surface area contributed by atoms with Crippen molar-refractivity contribution >= 4 is 17.2 Å². The molecule has 2 heterocycles. The van der Waals surface area contributed by atoms with Gasteiger partial charge in [-0.15, -0.1) is 11.3 Å². The number of thiazole rings is 1. The predicted octanol–water partition coefficient (Wildman–Crippen LogP) is 4.32. The number of ether oxygens (including phenoxy) is 1. The average molecular weight is 344 g/mol. The van der Waals surface area contributed by atoms with Gasteiger partial charge in [-0.1, -0.05) is 19.1 Å². The summed E-state index contributed by atoms with van der Waals surface area (Å²) < 4.78 is 5.22. The first-order valence-corrected chi connectivity index (χ1v) is 9.38. The summed E-state index contributed by atoms with van der Waals surface area (Å²) in [6.45, 7) is 4.92. The molecule has 0 unspecified atom stereocenters. The van der Waals surface area contributed by atoms with E-state index in [9.17, 15) is 4.79 Å². The van der Waals surface area contributed by atoms with E-state index in [0.717, 1.165) is 47.8 Å². The summed E-state index contributed by atoms with van der Waals surface area (Å²) in [5.41, 5.74) is 2.11. The highest BCUT2D eigenvalue weighted by molar-refractivity contribution is 7.09. The number of carbonyl (C=O) groups is 1. The van der Waals surface area contributed by atoms with E-state index in [1.165, 1.54) is 0 Å². The number of hydrogen-bond acceptors (Lipinski definition) is 4. The Morgan fingerprint density at radius 1 is 1.42 bits per heavy atom. The quantitative estimate of drug-likeness (QED) is 0.811. The Kier molecular flexibility index (Phi) is 5.19. The maximum Gasteiger partial charge on any atom is 0.230 e. The fraction of sp³-hybridized carbons (Fsp3) is 0.474. The molecule has 0 saturated carbocycles. The number of carbonyl (C=O) groups excluding carboxylic acids is 1. The van der Waals surface area contributed by atoms with Gasteiger partial charge >= 0.3 is 0 Å². The molecule has 2 aromatic rings. The Hall–Kier alpha value is -1.88. The van der Waals surface area contributed by atoms with Crippen molar-refractivity contribution in [3.8, 4) is 5.75 Å². The molecule has 1 aromatic heterocycles. The van der Waals surface area contributed by atoms with Gasteiger partial charge in [0, 0.05) is 11.9 Å². The van der Waals surface area contributed by atoms with E-state index in [0.29, 0.717) is 0 Å². The second-order valence-electron chi connectivity index (χ2n) is 6.22. The Bertz CT molecular complexity index is 696. The standard InChI is InChI=1S/C19H24N2O2S/c1-4-16(14-7-9-15(23-3)10-8-14)19(22)21-11-5-6-18(21)17-12-24-13(2)20-17/h7-10,12,16,18H,4-6,11H2,1-3H3/t16-,18-/m1/s1. The van der Waals surface area contributed by atoms with Crippen LogP contribution in [0.2, 0.25) is 0 Å². The van der Waals surface area contributed by atoms with Crippen molar-refractivity contribution < 1.29 is 9.53 Å². The van der Waals surface area contributed by atoms with Gasteiger partial charge < -0.3 is 9.64 Å². The predicted molar refractivity (Wildman–Crippen MR) is 96.6 cm³/mol. The molecule has 1 aliphatic heterocycles. The molecule has 1 amide bonds. The van der Waals surface area contributed by atoms with Gasteiger partial charge in [0.15, 0.2) is 0 Å². The monoisotopic (exact) mass is 344 g/mol. The first-order valence-electron chi connectivity index (χ1n) is 8.50. The van der Waals surface area contributed by atoms with Crippen molar-refractivity contribution in [2.75, 3.05) is 13.7 Å². The van der Waals surface area contributed by atoms with Crippen molar-refractivity contribution in [3.05, 3.63) is 45.9 Å². The van der Waals surface area contributed by atoms with Gasteiger partial charge in [0.25, 0.3) is 0 Å². The lowest BCUT2D eigenvalue weighted by atomic mass is 9.94. The molecule has 1 saturated heterocycles. The van der Waals surface area contributed by atoms with Gasteiger partial charge in [-0.3, -0.25) is 4.79 Å². The molecule has 0 aliphatic carbocycles. The smallest absolute Gasteiger partial charge is 0.230 e. The fourth-order valence-electron chi connectivity index (χ4n) is 3.46. The molecular weight excluding hydrogens is 320 g/mol. The second-order valence-corrected chi connectivity index (χ2v) is 7.28. The topological polar surface area (TPSA) is 42.4 Å². The van der Waals surface area contributed by atoms with Crippen LogP contribution in [0.15, 0.2) is 29.6 Å². The minimum Gasteiger partial charge on any atom is -0.497 e. The van der Waals surface area contributed by atoms with Gasteiger partial charge in [-0.25, -0.2) is 4.98 Å². The molecule has 2 atom stereocenters. The number of aryl methyl sites for hydroxylation is 1. The third kappa shape index (κ3) is 3.31. The summed E-state index contributed by atoms with van der Waals surface area (Å²) in [7, 11) is 1.65. The molecular formula is C19H24N2O2S. The summed E-state index contributed by atoms with van der Waals surface area (Å²) >= 11 is 1.66. The largest absolute Gasteiger partial charge is 0.497 e. The Labute approximate surface area is 147 Å². The number of methoxy groups -OCH3 is 1. The van der Waals surface area contributed by atoms with E-state index in [-0.39, 0.29) is 17.9 Å². The molecule has 1 fully saturated rings. The minimum absolute atomic E-state index is 0.101. The first kappa shape index (κ1) is 17.0. The summed E-state index contributed by atoms with van der Waals surface area (Å²) in [4.78, 5) is 19.8. The van der Waals surface area contributed by atoms with Crippen LogP contribution in [0.3, 0.4) is 0 Å². The molecule has 24 heavy (non-hydrogen) atoms. The first-order chi connectivity index (χ1) is 11.6. The normalized spacial score (nSPS) is 18.6. The van der Waals surface area contributed by atoms with Gasteiger partial charge in [0.2, 0.25) is 5.91 Å². The van der Waals surface area contributed by atoms with Gasteiger partial charge in [0.05, 0.1) is 29.8 Å². The Morgan fingerprint density at radius 3 is 2.75 bits per heavy atom. The van der Waals surface area contributed by atoms with Crippen LogP contribution in [-0.2, 0) is 4.79 Å². The molecule has 0 spiro atoms. The second kappa shape index (κ2) is 7.34. The number of hydrogen-bond donors (Lipinski definition) is 0. The van der Waals surface area contributed by atoms with Gasteiger partial charge in [-0.05, 0) is 43.9 Å². The lowest BCUT2D eigenvalue weighted by Crippen LogP contribution is -2.34. The zero-order chi connectivity index (χ0) is 17.1. The van der Waals surface area contributed by atoms with Crippen LogP contribution in [0.4, 0.5) is 0 Å². The van der Waals surface area contributed by atoms with Crippen LogP contribution in [0.1, 0.15) is 54.4 Å². The Morgan fingerprint density at radius 2 is 2.17 bits per heavy atom. The molecule has 1 aromatic carbocycles. The number of likely N-dealkylation sites (tertiary alicyclic amines) is 1. The molecule has 128 valence electrons. The van der Waals surface area contributed by atoms with Crippen LogP contribution in [0.5, 0.6) is 5.75 Å². The molecule has 0 radical (unpaired) electrons. The third-order valence-electron chi connectivity index (χ3n) is 4.74. The number of amides is 1. The van der Waals surface area contributed by atoms with Crippen molar-refractivity contribution in [1.29, 1.82) is 0 Å². The Balaban J connectivity index is 1.81. The highest BCUT2D eigenvalue weighted by atomic mass is 32.1. The molecule has 0 bridgehead atoms. The summed E-state index contributed by atoms with van der Waals surface area (Å²) in [6, 6.07) is 7.99. The number of rotatable bonds is 5. The van der Waals surface area contributed by atoms with Gasteiger partial charge in [-0.2, -0.15) is 0 Å². The van der Waals surface area contributed by atoms with Crippen molar-refractivity contribution in [2.45, 2.75) is 45.1 Å². The van der Waals surface area contributed by atoms with E-state index in [1.807, 2.05) is 36.1 Å². The highest BCUT2D eigenvalue weighted by Gasteiger charge is 2.35. The number of benzene rings is 1. The lowest BCUT2D eigenvalue weighted by molar-refractivity contribution is -0.134. The summed E-state index contributed by atoms with van der Waals surface area (Å²) in [6.07, 6.45) is 2.85. The van der Waals surface area contributed by atoms with E-state index >= 15 is 0 Å². The van der Waals surface area contributed by atoms with Crippen molar-refractivity contribution in [3.63, 3.8) is 0 Å². The van der Waals surface area contributed by atoms with Crippen molar-refractivity contribution in [2.24, 2.45) is 0 Å². The van der Waals surface area contributed by atoms with E-state index in [4.69, 9.17) is 4.74 Å². The number of nitrogens with zero attached hydrogens (tertiary/aromatic N) is 2. The van der Waals surface area contributed by atoms with Crippen LogP contribution < -0.4 is 4.74 Å². The summed E-state index contributed by atoms with van der Waals surface area (Å²) in [5, 5.41) is 3.16. The van der Waals surface area contributed by atoms with Crippen molar-refractivity contribution in [1.82, 2.24) is 9.88 Å². The summed E-state index contributed by atoms with van der Waals surface area (Å²) in [5.74, 6) is 0.935. The molecule has 4 nitrogen and oxygen atoms in total. The molecule has 3 rings (SSSR count). The lowest BCUT2D eigenvalue weighted by Gasteiger charge is -2.28. The molecule has 5 heteroatoms. The molecule has 0 N–H and O–H groups in total. The zero-order valence-corrected chi connectivity index (χ0v) is 15.3. The van der Waals surface area contributed by atoms with Crippen LogP contribution in [0.25, 0.3) is 0 Å². The number of aromatic nitrogens is 1. The van der Waals surface area contributed by atoms with Crippen LogP contribution >= 0.6 is 11.3 Å².